The number of hydrogen-bond donors (Lipinski definition) is 1. The predicted molar refractivity (Wildman–Crippen MR) is 87.6 cm³/mol. The molecule has 8 heteroatoms. The number of nitrogens with two attached hydrogens (primary N) is 1. The smallest absolute Gasteiger partial charge is 0.387 e. The SMILES string of the molecule is COc1ccc(CN(C)C(=O)C2(CN)CCOCC2)cc1OC(F)F. The van der Waals surface area contributed by atoms with Crippen molar-refractivity contribution in [2.24, 2.45) is 11.1 Å². The molecule has 6 nitrogen and oxygen atoms in total. The largest absolute Gasteiger partial charge is 0.493 e. The third-order valence-corrected chi connectivity index (χ3v) is 4.50. The second kappa shape index (κ2) is 8.44. The van der Waals surface area contributed by atoms with E-state index in [4.69, 9.17) is 15.2 Å². The number of alkyl halides is 2. The molecule has 1 aromatic carbocycles. The molecule has 0 spiro atoms. The zero-order valence-corrected chi connectivity index (χ0v) is 14.5. The Kier molecular flexibility index (Phi) is 6.55. The highest BCUT2D eigenvalue weighted by molar-refractivity contribution is 5.83. The van der Waals surface area contributed by atoms with Crippen molar-refractivity contribution in [1.82, 2.24) is 4.90 Å². The maximum Gasteiger partial charge on any atom is 0.387 e. The van der Waals surface area contributed by atoms with Gasteiger partial charge >= 0.3 is 6.61 Å². The van der Waals surface area contributed by atoms with Crippen molar-refractivity contribution >= 4 is 5.91 Å². The third kappa shape index (κ3) is 4.58. The molecule has 2 rings (SSSR count). The molecular formula is C17H24F2N2O4. The Morgan fingerprint density at radius 3 is 2.60 bits per heavy atom. The molecule has 0 radical (unpaired) electrons. The van der Waals surface area contributed by atoms with Gasteiger partial charge in [0.05, 0.1) is 12.5 Å². The van der Waals surface area contributed by atoms with Gasteiger partial charge in [-0.15, -0.1) is 0 Å². The van der Waals surface area contributed by atoms with E-state index in [1.54, 1.807) is 24.1 Å². The second-order valence-corrected chi connectivity index (χ2v) is 6.12. The molecule has 0 saturated carbocycles. The number of hydrogen-bond acceptors (Lipinski definition) is 5. The monoisotopic (exact) mass is 358 g/mol. The summed E-state index contributed by atoms with van der Waals surface area (Å²) in [6, 6.07) is 4.70. The van der Waals surface area contributed by atoms with Crippen LogP contribution in [-0.4, -0.2) is 51.3 Å². The van der Waals surface area contributed by atoms with E-state index in [1.165, 1.54) is 13.2 Å². The second-order valence-electron chi connectivity index (χ2n) is 6.12. The number of methoxy groups -OCH3 is 1. The molecule has 1 aliphatic heterocycles. The minimum atomic E-state index is -2.95. The van der Waals surface area contributed by atoms with E-state index >= 15 is 0 Å². The summed E-state index contributed by atoms with van der Waals surface area (Å²) < 4.78 is 39.9. The van der Waals surface area contributed by atoms with Crippen molar-refractivity contribution in [1.29, 1.82) is 0 Å². The van der Waals surface area contributed by atoms with Crippen LogP contribution in [0.2, 0.25) is 0 Å². The Hall–Kier alpha value is -1.93. The summed E-state index contributed by atoms with van der Waals surface area (Å²) in [4.78, 5) is 14.4. The van der Waals surface area contributed by atoms with Crippen molar-refractivity contribution < 1.29 is 27.8 Å². The highest BCUT2D eigenvalue weighted by Crippen LogP contribution is 2.33. The fourth-order valence-electron chi connectivity index (χ4n) is 3.03. The van der Waals surface area contributed by atoms with Crippen molar-refractivity contribution in [3.8, 4) is 11.5 Å². The first kappa shape index (κ1) is 19.4. The maximum atomic E-state index is 12.9. The van der Waals surface area contributed by atoms with Gasteiger partial charge in [-0.25, -0.2) is 0 Å². The first-order chi connectivity index (χ1) is 11.9. The van der Waals surface area contributed by atoms with Crippen molar-refractivity contribution in [3.05, 3.63) is 23.8 Å². The van der Waals surface area contributed by atoms with Gasteiger partial charge in [-0.05, 0) is 30.5 Å². The number of carbonyl (C=O) groups excluding carboxylic acids is 1. The maximum absolute atomic E-state index is 12.9. The zero-order valence-electron chi connectivity index (χ0n) is 14.5. The first-order valence-electron chi connectivity index (χ1n) is 8.07. The minimum absolute atomic E-state index is 0.0598. The highest BCUT2D eigenvalue weighted by atomic mass is 19.3. The fourth-order valence-corrected chi connectivity index (χ4v) is 3.03. The van der Waals surface area contributed by atoms with E-state index in [-0.39, 0.29) is 30.5 Å². The van der Waals surface area contributed by atoms with Crippen LogP contribution in [0.5, 0.6) is 11.5 Å². The molecule has 140 valence electrons. The Balaban J connectivity index is 2.13. The number of nitrogens with zero attached hydrogens (tertiary/aromatic N) is 1. The van der Waals surface area contributed by atoms with Gasteiger partial charge in [0.25, 0.3) is 0 Å². The normalized spacial score (nSPS) is 16.6. The van der Waals surface area contributed by atoms with Gasteiger partial charge in [0.2, 0.25) is 5.91 Å². The molecule has 0 aliphatic carbocycles. The Bertz CT molecular complexity index is 592. The van der Waals surface area contributed by atoms with Gasteiger partial charge in [0, 0.05) is 33.4 Å². The molecular weight excluding hydrogens is 334 g/mol. The van der Waals surface area contributed by atoms with Crippen LogP contribution < -0.4 is 15.2 Å². The van der Waals surface area contributed by atoms with Crippen molar-refractivity contribution in [3.63, 3.8) is 0 Å². The number of ether oxygens (including phenoxy) is 3. The van der Waals surface area contributed by atoms with Crippen LogP contribution in [0.4, 0.5) is 8.78 Å². The topological polar surface area (TPSA) is 74.0 Å². The van der Waals surface area contributed by atoms with Gasteiger partial charge in [0.1, 0.15) is 0 Å². The van der Waals surface area contributed by atoms with Crippen molar-refractivity contribution in [2.75, 3.05) is 33.9 Å². The van der Waals surface area contributed by atoms with Gasteiger partial charge in [-0.2, -0.15) is 8.78 Å². The summed E-state index contributed by atoms with van der Waals surface area (Å²) in [7, 11) is 3.05. The molecule has 1 saturated heterocycles. The zero-order chi connectivity index (χ0) is 18.4. The van der Waals surface area contributed by atoms with E-state index in [1.807, 2.05) is 0 Å². The molecule has 0 bridgehead atoms. The highest BCUT2D eigenvalue weighted by Gasteiger charge is 2.40. The Morgan fingerprint density at radius 2 is 2.04 bits per heavy atom. The van der Waals surface area contributed by atoms with Crippen LogP contribution in [0.1, 0.15) is 18.4 Å². The summed E-state index contributed by atoms with van der Waals surface area (Å²) in [6.45, 7) is -1.43. The van der Waals surface area contributed by atoms with Crippen LogP contribution >= 0.6 is 0 Å². The minimum Gasteiger partial charge on any atom is -0.493 e. The van der Waals surface area contributed by atoms with Crippen LogP contribution in [-0.2, 0) is 16.1 Å². The van der Waals surface area contributed by atoms with Gasteiger partial charge < -0.3 is 24.8 Å². The molecule has 2 N–H and O–H groups in total. The average molecular weight is 358 g/mol. The number of halogens is 2. The van der Waals surface area contributed by atoms with E-state index in [0.717, 1.165) is 0 Å². The number of benzene rings is 1. The molecule has 0 atom stereocenters. The molecule has 1 heterocycles. The lowest BCUT2D eigenvalue weighted by molar-refractivity contribution is -0.146. The summed E-state index contributed by atoms with van der Waals surface area (Å²) in [5, 5.41) is 0. The fraction of sp³-hybridized carbons (Fsp3) is 0.588. The quantitative estimate of drug-likeness (QED) is 0.807. The molecule has 1 aromatic rings. The van der Waals surface area contributed by atoms with Crippen LogP contribution in [0.25, 0.3) is 0 Å². The number of carbonyl (C=O) groups is 1. The molecule has 25 heavy (non-hydrogen) atoms. The summed E-state index contributed by atoms with van der Waals surface area (Å²) in [5.74, 6) is 0.0850. The van der Waals surface area contributed by atoms with Gasteiger partial charge in [-0.3, -0.25) is 4.79 Å². The Morgan fingerprint density at radius 1 is 1.36 bits per heavy atom. The third-order valence-electron chi connectivity index (χ3n) is 4.50. The number of rotatable bonds is 7. The van der Waals surface area contributed by atoms with Crippen LogP contribution in [0, 0.1) is 5.41 Å². The van der Waals surface area contributed by atoms with E-state index in [9.17, 15) is 13.6 Å². The van der Waals surface area contributed by atoms with E-state index in [0.29, 0.717) is 31.6 Å². The molecule has 1 amide bonds. The molecule has 0 unspecified atom stereocenters. The van der Waals surface area contributed by atoms with Crippen LogP contribution in [0.3, 0.4) is 0 Å². The molecule has 1 aliphatic rings. The predicted octanol–water partition coefficient (Wildman–Crippen LogP) is 2.01. The van der Waals surface area contributed by atoms with E-state index < -0.39 is 12.0 Å². The number of amides is 1. The van der Waals surface area contributed by atoms with Crippen molar-refractivity contribution in [2.45, 2.75) is 26.0 Å². The van der Waals surface area contributed by atoms with E-state index in [2.05, 4.69) is 4.74 Å². The standard InChI is InChI=1S/C17H24F2N2O4/c1-21(15(22)17(11-20)5-7-24-8-6-17)10-12-3-4-13(23-2)14(9-12)25-16(18)19/h3-4,9,16H,5-8,10-11,20H2,1-2H3. The van der Waals surface area contributed by atoms with Crippen LogP contribution in [0.15, 0.2) is 18.2 Å². The lowest BCUT2D eigenvalue weighted by atomic mass is 9.79. The average Bonchev–Trinajstić information content (AvgIpc) is 2.61. The summed E-state index contributed by atoms with van der Waals surface area (Å²) in [5.41, 5.74) is 5.90. The van der Waals surface area contributed by atoms with Gasteiger partial charge in [0.15, 0.2) is 11.5 Å². The molecule has 1 fully saturated rings. The summed E-state index contributed by atoms with van der Waals surface area (Å²) in [6.07, 6.45) is 1.16. The van der Waals surface area contributed by atoms with Gasteiger partial charge in [-0.1, -0.05) is 6.07 Å². The lowest BCUT2D eigenvalue weighted by Gasteiger charge is -2.37. The summed E-state index contributed by atoms with van der Waals surface area (Å²) >= 11 is 0. The lowest BCUT2D eigenvalue weighted by Crippen LogP contribution is -2.49. The Labute approximate surface area is 145 Å². The first-order valence-corrected chi connectivity index (χ1v) is 8.07. The molecule has 0 aromatic heterocycles.